The molecule has 0 saturated carbocycles. The van der Waals surface area contributed by atoms with Crippen molar-refractivity contribution < 1.29 is 0 Å². The number of imidazole rings is 1. The molecule has 1 fully saturated rings. The lowest BCUT2D eigenvalue weighted by atomic mass is 10.2. The van der Waals surface area contributed by atoms with Gasteiger partial charge in [-0.1, -0.05) is 25.8 Å². The average molecular weight is 327 g/mol. The van der Waals surface area contributed by atoms with E-state index < -0.39 is 0 Å². The lowest BCUT2D eigenvalue weighted by Crippen LogP contribution is -2.22. The maximum Gasteiger partial charge on any atom is 0.154 e. The molecular weight excluding hydrogens is 298 g/mol. The number of anilines is 1. The molecule has 0 radical (unpaired) electrons. The van der Waals surface area contributed by atoms with Gasteiger partial charge in [0.2, 0.25) is 0 Å². The number of hydrogen-bond donors (Lipinski definition) is 1. The first-order valence-corrected chi connectivity index (χ1v) is 9.34. The van der Waals surface area contributed by atoms with Gasteiger partial charge in [0.15, 0.2) is 5.65 Å². The molecule has 0 atom stereocenters. The van der Waals surface area contributed by atoms with E-state index in [-0.39, 0.29) is 0 Å². The molecule has 2 aromatic heterocycles. The lowest BCUT2D eigenvalue weighted by molar-refractivity contribution is 0.337. The Kier molecular flexibility index (Phi) is 6.24. The summed E-state index contributed by atoms with van der Waals surface area (Å²) >= 11 is 0. The summed E-state index contributed by atoms with van der Waals surface area (Å²) in [5, 5.41) is 8.13. The zero-order valence-electron chi connectivity index (χ0n) is 14.7. The van der Waals surface area contributed by atoms with E-state index in [2.05, 4.69) is 39.4 Å². The Morgan fingerprint density at radius 2 is 2.08 bits per heavy atom. The predicted molar refractivity (Wildman–Crippen MR) is 100 cm³/mol. The van der Waals surface area contributed by atoms with Crippen LogP contribution in [0, 0.1) is 0 Å². The molecule has 24 heavy (non-hydrogen) atoms. The highest BCUT2D eigenvalue weighted by molar-refractivity contribution is 5.53. The standard InChI is InChI=1S/C19H29N5/c1-2-3-4-5-9-17-16-21-19-11-10-18(22-24(17)19)20-12-8-15-23-13-6-7-14-23/h5,9-11,16H,2-4,6-8,12-15H2,1H3,(H,20,22). The highest BCUT2D eigenvalue weighted by Crippen LogP contribution is 2.12. The molecule has 3 heterocycles. The Balaban J connectivity index is 1.54. The molecule has 0 bridgehead atoms. The van der Waals surface area contributed by atoms with Crippen LogP contribution in [0.5, 0.6) is 0 Å². The summed E-state index contributed by atoms with van der Waals surface area (Å²) in [5.74, 6) is 0.921. The SMILES string of the molecule is CCCCC=Cc1cnc2ccc(NCCCN3CCCC3)nn12. The van der Waals surface area contributed by atoms with Gasteiger partial charge in [-0.25, -0.2) is 9.50 Å². The Labute approximate surface area is 144 Å². The second-order valence-corrected chi connectivity index (χ2v) is 6.55. The van der Waals surface area contributed by atoms with Gasteiger partial charge < -0.3 is 10.2 Å². The summed E-state index contributed by atoms with van der Waals surface area (Å²) in [6, 6.07) is 4.04. The van der Waals surface area contributed by atoms with E-state index in [1.54, 1.807) is 0 Å². The minimum Gasteiger partial charge on any atom is -0.369 e. The number of unbranched alkanes of at least 4 members (excludes halogenated alkanes) is 2. The van der Waals surface area contributed by atoms with Crippen molar-refractivity contribution in [3.63, 3.8) is 0 Å². The summed E-state index contributed by atoms with van der Waals surface area (Å²) < 4.78 is 1.92. The fourth-order valence-corrected chi connectivity index (χ4v) is 3.15. The molecule has 130 valence electrons. The zero-order chi connectivity index (χ0) is 16.6. The van der Waals surface area contributed by atoms with Gasteiger partial charge in [0.05, 0.1) is 11.9 Å². The normalized spacial score (nSPS) is 15.7. The van der Waals surface area contributed by atoms with Crippen molar-refractivity contribution in [2.75, 3.05) is 31.5 Å². The second-order valence-electron chi connectivity index (χ2n) is 6.55. The first-order chi connectivity index (χ1) is 11.9. The second kappa shape index (κ2) is 8.83. The Morgan fingerprint density at radius 1 is 1.21 bits per heavy atom. The molecule has 1 saturated heterocycles. The van der Waals surface area contributed by atoms with Gasteiger partial charge >= 0.3 is 0 Å². The third-order valence-electron chi connectivity index (χ3n) is 4.56. The van der Waals surface area contributed by atoms with Crippen LogP contribution in [0.3, 0.4) is 0 Å². The van der Waals surface area contributed by atoms with Crippen LogP contribution >= 0.6 is 0 Å². The van der Waals surface area contributed by atoms with Gasteiger partial charge in [-0.3, -0.25) is 0 Å². The average Bonchev–Trinajstić information content (AvgIpc) is 3.25. The number of likely N-dealkylation sites (tertiary alicyclic amines) is 1. The van der Waals surface area contributed by atoms with E-state index in [0.717, 1.165) is 36.5 Å². The van der Waals surface area contributed by atoms with Gasteiger partial charge in [0.1, 0.15) is 5.82 Å². The fraction of sp³-hybridized carbons (Fsp3) is 0.579. The summed E-state index contributed by atoms with van der Waals surface area (Å²) in [7, 11) is 0. The van der Waals surface area contributed by atoms with E-state index in [1.165, 1.54) is 45.3 Å². The lowest BCUT2D eigenvalue weighted by Gasteiger charge is -2.14. The number of nitrogens with one attached hydrogen (secondary N) is 1. The van der Waals surface area contributed by atoms with Gasteiger partial charge in [0.25, 0.3) is 0 Å². The number of hydrogen-bond acceptors (Lipinski definition) is 4. The maximum absolute atomic E-state index is 4.68. The highest BCUT2D eigenvalue weighted by Gasteiger charge is 2.10. The Bertz CT molecular complexity index is 655. The molecule has 0 amide bonds. The van der Waals surface area contributed by atoms with E-state index in [4.69, 9.17) is 0 Å². The third kappa shape index (κ3) is 4.57. The molecule has 0 aliphatic carbocycles. The molecule has 3 rings (SSSR count). The zero-order valence-corrected chi connectivity index (χ0v) is 14.7. The summed E-state index contributed by atoms with van der Waals surface area (Å²) in [4.78, 5) is 6.97. The summed E-state index contributed by atoms with van der Waals surface area (Å²) in [5.41, 5.74) is 1.94. The van der Waals surface area contributed by atoms with Crippen molar-refractivity contribution in [1.29, 1.82) is 0 Å². The fourth-order valence-electron chi connectivity index (χ4n) is 3.15. The van der Waals surface area contributed by atoms with Crippen molar-refractivity contribution in [2.24, 2.45) is 0 Å². The summed E-state index contributed by atoms with van der Waals surface area (Å²) in [6.07, 6.45) is 13.7. The van der Waals surface area contributed by atoms with Crippen LogP contribution in [0.25, 0.3) is 11.7 Å². The number of rotatable bonds is 9. The number of allylic oxidation sites excluding steroid dienone is 1. The molecular formula is C19H29N5. The third-order valence-corrected chi connectivity index (χ3v) is 4.56. The number of aromatic nitrogens is 3. The smallest absolute Gasteiger partial charge is 0.154 e. The van der Waals surface area contributed by atoms with Crippen molar-refractivity contribution in [3.8, 4) is 0 Å². The van der Waals surface area contributed by atoms with Gasteiger partial charge in [-0.05, 0) is 63.5 Å². The minimum atomic E-state index is 0.896. The van der Waals surface area contributed by atoms with Gasteiger partial charge in [0, 0.05) is 6.54 Å². The van der Waals surface area contributed by atoms with Crippen LogP contribution in [0.15, 0.2) is 24.4 Å². The molecule has 1 aliphatic heterocycles. The predicted octanol–water partition coefficient (Wildman–Crippen LogP) is 3.83. The first kappa shape index (κ1) is 17.0. The number of nitrogens with zero attached hydrogens (tertiary/aromatic N) is 4. The van der Waals surface area contributed by atoms with E-state index in [9.17, 15) is 0 Å². The van der Waals surface area contributed by atoms with Crippen molar-refractivity contribution in [1.82, 2.24) is 19.5 Å². The highest BCUT2D eigenvalue weighted by atomic mass is 15.3. The monoisotopic (exact) mass is 327 g/mol. The van der Waals surface area contributed by atoms with E-state index in [0.29, 0.717) is 0 Å². The van der Waals surface area contributed by atoms with Crippen LogP contribution in [0.1, 0.15) is 51.1 Å². The molecule has 1 N–H and O–H groups in total. The van der Waals surface area contributed by atoms with E-state index in [1.807, 2.05) is 22.8 Å². The van der Waals surface area contributed by atoms with Gasteiger partial charge in [-0.2, -0.15) is 0 Å². The van der Waals surface area contributed by atoms with Crippen molar-refractivity contribution in [2.45, 2.75) is 45.4 Å². The van der Waals surface area contributed by atoms with Crippen LogP contribution in [-0.4, -0.2) is 45.7 Å². The van der Waals surface area contributed by atoms with Crippen LogP contribution in [0.4, 0.5) is 5.82 Å². The van der Waals surface area contributed by atoms with Gasteiger partial charge in [-0.15, -0.1) is 5.10 Å². The van der Waals surface area contributed by atoms with Crippen LogP contribution in [-0.2, 0) is 0 Å². The number of fused-ring (bicyclic) bond motifs is 1. The minimum absolute atomic E-state index is 0.896. The molecule has 5 heteroatoms. The quantitative estimate of drug-likeness (QED) is 0.711. The topological polar surface area (TPSA) is 45.5 Å². The first-order valence-electron chi connectivity index (χ1n) is 9.34. The van der Waals surface area contributed by atoms with E-state index >= 15 is 0 Å². The molecule has 0 unspecified atom stereocenters. The molecule has 1 aliphatic rings. The Morgan fingerprint density at radius 3 is 2.92 bits per heavy atom. The molecule has 0 spiro atoms. The molecule has 0 aromatic carbocycles. The van der Waals surface area contributed by atoms with Crippen molar-refractivity contribution in [3.05, 3.63) is 30.1 Å². The molecule has 2 aromatic rings. The maximum atomic E-state index is 4.68. The largest absolute Gasteiger partial charge is 0.369 e. The Hall–Kier alpha value is -1.88. The summed E-state index contributed by atoms with van der Waals surface area (Å²) in [6.45, 7) is 6.91. The van der Waals surface area contributed by atoms with Crippen molar-refractivity contribution >= 4 is 17.5 Å². The van der Waals surface area contributed by atoms with Crippen LogP contribution < -0.4 is 5.32 Å². The van der Waals surface area contributed by atoms with Crippen LogP contribution in [0.2, 0.25) is 0 Å². The molecule has 5 nitrogen and oxygen atoms in total.